The smallest absolute Gasteiger partial charge is 0.258 e. The summed E-state index contributed by atoms with van der Waals surface area (Å²) < 4.78 is 1.69. The summed E-state index contributed by atoms with van der Waals surface area (Å²) in [6.07, 6.45) is 6.23. The van der Waals surface area contributed by atoms with Crippen molar-refractivity contribution in [2.45, 2.75) is 51.9 Å². The number of aryl methyl sites for hydroxylation is 1. The predicted octanol–water partition coefficient (Wildman–Crippen LogP) is 5.77. The quantitative estimate of drug-likeness (QED) is 0.370. The van der Waals surface area contributed by atoms with Crippen LogP contribution >= 0.6 is 0 Å². The van der Waals surface area contributed by atoms with Gasteiger partial charge in [0.2, 0.25) is 0 Å². The van der Waals surface area contributed by atoms with Gasteiger partial charge in [0.15, 0.2) is 0 Å². The molecule has 146 valence electrons. The van der Waals surface area contributed by atoms with Crippen LogP contribution in [0.15, 0.2) is 53.3 Å². The van der Waals surface area contributed by atoms with Gasteiger partial charge in [-0.15, -0.1) is 0 Å². The van der Waals surface area contributed by atoms with Gasteiger partial charge in [-0.05, 0) is 30.4 Å². The molecule has 0 aliphatic rings. The van der Waals surface area contributed by atoms with Gasteiger partial charge in [-0.1, -0.05) is 80.6 Å². The molecule has 3 aromatic rings. The molecule has 0 spiro atoms. The lowest BCUT2D eigenvalue weighted by Gasteiger charge is -2.22. The highest BCUT2D eigenvalue weighted by atomic mass is 16.1. The van der Waals surface area contributed by atoms with E-state index in [4.69, 9.17) is 0 Å². The van der Waals surface area contributed by atoms with Gasteiger partial charge in [0.1, 0.15) is 6.29 Å². The molecule has 0 bridgehead atoms. The topological polar surface area (TPSA) is 39.1 Å². The molecule has 3 nitrogen and oxygen atoms in total. The van der Waals surface area contributed by atoms with Crippen LogP contribution in [0.25, 0.3) is 21.9 Å². The Morgan fingerprint density at radius 1 is 1.00 bits per heavy atom. The Morgan fingerprint density at radius 2 is 1.75 bits per heavy atom. The minimum Gasteiger partial charge on any atom is -0.314 e. The second-order valence-electron chi connectivity index (χ2n) is 7.63. The third kappa shape index (κ3) is 3.94. The molecule has 1 aromatic heterocycles. The van der Waals surface area contributed by atoms with Crippen LogP contribution in [0.2, 0.25) is 0 Å². The lowest BCUT2D eigenvalue weighted by atomic mass is 9.88. The van der Waals surface area contributed by atoms with E-state index in [1.54, 1.807) is 11.6 Å². The fourth-order valence-corrected chi connectivity index (χ4v) is 4.05. The van der Waals surface area contributed by atoms with E-state index in [1.165, 1.54) is 6.42 Å². The Kier molecular flexibility index (Phi) is 6.45. The molecule has 28 heavy (non-hydrogen) atoms. The number of carbonyl (C=O) groups is 1. The van der Waals surface area contributed by atoms with Crippen LogP contribution in [0.1, 0.15) is 56.2 Å². The number of nitrogens with zero attached hydrogens (tertiary/aromatic N) is 1. The third-order valence-electron chi connectivity index (χ3n) is 5.54. The summed E-state index contributed by atoms with van der Waals surface area (Å²) in [7, 11) is 1.80. The molecule has 0 aliphatic carbocycles. The summed E-state index contributed by atoms with van der Waals surface area (Å²) in [5, 5.41) is 1.64. The molecule has 0 saturated heterocycles. The number of hydrogen-bond acceptors (Lipinski definition) is 2. The van der Waals surface area contributed by atoms with Crippen molar-refractivity contribution in [1.82, 2.24) is 4.57 Å². The van der Waals surface area contributed by atoms with Crippen LogP contribution in [-0.4, -0.2) is 10.9 Å². The first-order chi connectivity index (χ1) is 13.6. The second kappa shape index (κ2) is 9.01. The van der Waals surface area contributed by atoms with Crippen molar-refractivity contribution in [2.75, 3.05) is 0 Å². The predicted molar refractivity (Wildman–Crippen MR) is 117 cm³/mol. The van der Waals surface area contributed by atoms with E-state index >= 15 is 0 Å². The minimum absolute atomic E-state index is 0.0370. The van der Waals surface area contributed by atoms with Crippen LogP contribution < -0.4 is 5.56 Å². The lowest BCUT2D eigenvalue weighted by Crippen LogP contribution is -2.24. The number of pyridine rings is 1. The van der Waals surface area contributed by atoms with Crippen molar-refractivity contribution in [3.05, 3.63) is 70.1 Å². The largest absolute Gasteiger partial charge is 0.314 e. The van der Waals surface area contributed by atoms with Gasteiger partial charge in [0.25, 0.3) is 5.56 Å². The van der Waals surface area contributed by atoms with Crippen LogP contribution in [0.3, 0.4) is 0 Å². The van der Waals surface area contributed by atoms with E-state index in [1.807, 2.05) is 37.3 Å². The van der Waals surface area contributed by atoms with Crippen molar-refractivity contribution in [3.63, 3.8) is 0 Å². The molecule has 0 N–H and O–H groups in total. The van der Waals surface area contributed by atoms with Gasteiger partial charge in [-0.2, -0.15) is 0 Å². The minimum atomic E-state index is -0.283. The van der Waals surface area contributed by atoms with E-state index in [2.05, 4.69) is 25.1 Å². The molecule has 0 radical (unpaired) electrons. The molecule has 1 atom stereocenters. The number of aldehydes is 1. The molecule has 3 rings (SSSR count). The average molecular weight is 376 g/mol. The van der Waals surface area contributed by atoms with E-state index < -0.39 is 0 Å². The fourth-order valence-electron chi connectivity index (χ4n) is 4.05. The Hall–Kier alpha value is -2.68. The van der Waals surface area contributed by atoms with E-state index in [-0.39, 0.29) is 11.5 Å². The molecule has 2 aromatic carbocycles. The van der Waals surface area contributed by atoms with Crippen molar-refractivity contribution >= 4 is 17.1 Å². The molecule has 0 aliphatic heterocycles. The number of rotatable bonds is 8. The Bertz CT molecular complexity index is 1020. The zero-order chi connectivity index (χ0) is 20.1. The summed E-state index contributed by atoms with van der Waals surface area (Å²) >= 11 is 0. The molecule has 0 fully saturated rings. The Morgan fingerprint density at radius 3 is 2.43 bits per heavy atom. The maximum atomic E-state index is 13.1. The van der Waals surface area contributed by atoms with Gasteiger partial charge in [0.05, 0.1) is 5.92 Å². The van der Waals surface area contributed by atoms with E-state index in [9.17, 15) is 9.59 Å². The van der Waals surface area contributed by atoms with Gasteiger partial charge in [-0.3, -0.25) is 4.79 Å². The first-order valence-electron chi connectivity index (χ1n) is 10.2. The average Bonchev–Trinajstić information content (AvgIpc) is 2.71. The summed E-state index contributed by atoms with van der Waals surface area (Å²) in [6, 6.07) is 16.1. The van der Waals surface area contributed by atoms with Crippen LogP contribution in [-0.2, 0) is 11.8 Å². The second-order valence-corrected chi connectivity index (χ2v) is 7.63. The Balaban J connectivity index is 2.26. The van der Waals surface area contributed by atoms with Crippen molar-refractivity contribution in [3.8, 4) is 11.1 Å². The highest BCUT2D eigenvalue weighted by molar-refractivity contribution is 5.98. The number of benzene rings is 2. The first-order valence-corrected chi connectivity index (χ1v) is 10.2. The number of aromatic nitrogens is 1. The van der Waals surface area contributed by atoms with Gasteiger partial charge in [-0.25, -0.2) is 0 Å². The Labute approximate surface area is 167 Å². The van der Waals surface area contributed by atoms with E-state index in [0.717, 1.165) is 59.7 Å². The van der Waals surface area contributed by atoms with Gasteiger partial charge in [0, 0.05) is 23.7 Å². The first kappa shape index (κ1) is 20.1. The molecular weight excluding hydrogens is 346 g/mol. The van der Waals surface area contributed by atoms with Crippen LogP contribution in [0.5, 0.6) is 0 Å². The highest BCUT2D eigenvalue weighted by Gasteiger charge is 2.23. The van der Waals surface area contributed by atoms with E-state index in [0.29, 0.717) is 5.39 Å². The number of carbonyl (C=O) groups excluding carboxylic acids is 1. The van der Waals surface area contributed by atoms with Gasteiger partial charge < -0.3 is 9.36 Å². The highest BCUT2D eigenvalue weighted by Crippen LogP contribution is 2.36. The normalized spacial score (nSPS) is 12.2. The number of hydrogen-bond donors (Lipinski definition) is 0. The van der Waals surface area contributed by atoms with Gasteiger partial charge >= 0.3 is 0 Å². The molecule has 1 heterocycles. The maximum absolute atomic E-state index is 13.1. The number of fused-ring (bicyclic) bond motifs is 1. The summed E-state index contributed by atoms with van der Waals surface area (Å²) in [6.45, 7) is 4.22. The summed E-state index contributed by atoms with van der Waals surface area (Å²) in [5.41, 5.74) is 3.96. The van der Waals surface area contributed by atoms with Crippen molar-refractivity contribution in [2.24, 2.45) is 7.05 Å². The van der Waals surface area contributed by atoms with Crippen LogP contribution in [0, 0.1) is 6.92 Å². The van der Waals surface area contributed by atoms with Crippen LogP contribution in [0.4, 0.5) is 0 Å². The third-order valence-corrected chi connectivity index (χ3v) is 5.54. The molecule has 3 heteroatoms. The zero-order valence-corrected chi connectivity index (χ0v) is 17.1. The maximum Gasteiger partial charge on any atom is 0.258 e. The zero-order valence-electron chi connectivity index (χ0n) is 17.1. The molecule has 0 saturated carbocycles. The van der Waals surface area contributed by atoms with Crippen molar-refractivity contribution < 1.29 is 4.79 Å². The molecular formula is C25H29NO2. The SMILES string of the molecule is CCCCCCC(C=O)c1c(-c2ccccc2)c2cc(C)ccc2c(=O)n1C. The van der Waals surface area contributed by atoms with Crippen molar-refractivity contribution in [1.29, 1.82) is 0 Å². The molecule has 0 amide bonds. The number of unbranched alkanes of at least 4 members (excludes halogenated alkanes) is 3. The monoisotopic (exact) mass is 375 g/mol. The molecule has 1 unspecified atom stereocenters. The lowest BCUT2D eigenvalue weighted by molar-refractivity contribution is -0.109. The standard InChI is InChI=1S/C25H29NO2/c1-4-5-6-8-13-20(17-27)24-23(19-11-9-7-10-12-19)22-16-18(2)14-15-21(22)25(28)26(24)3/h7,9-12,14-17,20H,4-6,8,13H2,1-3H3. The summed E-state index contributed by atoms with van der Waals surface area (Å²) in [4.78, 5) is 25.2. The fraction of sp³-hybridized carbons (Fsp3) is 0.360. The summed E-state index contributed by atoms with van der Waals surface area (Å²) in [5.74, 6) is -0.283.